The lowest BCUT2D eigenvalue weighted by atomic mass is 10.1. The topological polar surface area (TPSA) is 106 Å². The zero-order valence-corrected chi connectivity index (χ0v) is 13.7. The molecule has 0 saturated heterocycles. The van der Waals surface area contributed by atoms with Gasteiger partial charge in [0.05, 0.1) is 10.1 Å². The van der Waals surface area contributed by atoms with E-state index < -0.39 is 25.1 Å². The van der Waals surface area contributed by atoms with E-state index in [9.17, 15) is 16.8 Å². The second-order valence-corrected chi connectivity index (χ2v) is 9.40. The number of aryl methyl sites for hydroxylation is 1. The van der Waals surface area contributed by atoms with Gasteiger partial charge in [0.15, 0.2) is 9.84 Å². The number of nitrogens with two attached hydrogens (primary N) is 1. The third-order valence-corrected chi connectivity index (χ3v) is 6.46. The van der Waals surface area contributed by atoms with Crippen LogP contribution in [-0.4, -0.2) is 34.4 Å². The van der Waals surface area contributed by atoms with E-state index in [1.54, 1.807) is 6.07 Å². The molecule has 3 N–H and O–H groups in total. The lowest BCUT2D eigenvalue weighted by Crippen LogP contribution is -2.34. The van der Waals surface area contributed by atoms with Crippen LogP contribution in [0.3, 0.4) is 0 Å². The van der Waals surface area contributed by atoms with Crippen LogP contribution in [0, 0.1) is 6.92 Å². The Morgan fingerprint density at radius 3 is 2.43 bits per heavy atom. The van der Waals surface area contributed by atoms with Crippen molar-refractivity contribution in [2.75, 3.05) is 11.6 Å². The lowest BCUT2D eigenvalue weighted by Gasteiger charge is -2.22. The Bertz CT molecular complexity index is 741. The highest BCUT2D eigenvalue weighted by atomic mass is 32.2. The van der Waals surface area contributed by atoms with Crippen LogP contribution in [0.1, 0.15) is 24.8 Å². The molecule has 118 valence electrons. The fourth-order valence-corrected chi connectivity index (χ4v) is 4.67. The molecular weight excluding hydrogens is 312 g/mol. The smallest absolute Gasteiger partial charge is 0.238 e. The van der Waals surface area contributed by atoms with Gasteiger partial charge in [-0.3, -0.25) is 0 Å². The molecule has 2 unspecified atom stereocenters. The van der Waals surface area contributed by atoms with Crippen LogP contribution in [0.2, 0.25) is 0 Å². The van der Waals surface area contributed by atoms with Crippen molar-refractivity contribution in [3.05, 3.63) is 23.8 Å². The van der Waals surface area contributed by atoms with E-state index in [2.05, 4.69) is 5.32 Å². The van der Waals surface area contributed by atoms with Crippen LogP contribution in [0.15, 0.2) is 23.1 Å². The summed E-state index contributed by atoms with van der Waals surface area (Å²) in [6.45, 7) is 1.83. The maximum Gasteiger partial charge on any atom is 0.238 e. The summed E-state index contributed by atoms with van der Waals surface area (Å²) < 4.78 is 46.4. The molecule has 1 aromatic rings. The highest BCUT2D eigenvalue weighted by molar-refractivity contribution is 7.91. The molecule has 0 amide bonds. The van der Waals surface area contributed by atoms with Gasteiger partial charge in [-0.25, -0.2) is 22.0 Å². The van der Waals surface area contributed by atoms with Gasteiger partial charge in [0.2, 0.25) is 10.0 Å². The SMILES string of the molecule is Cc1ccc(S(N)(=O)=O)cc1NC1CCCC1S(C)(=O)=O. The first-order chi connectivity index (χ1) is 9.59. The Morgan fingerprint density at radius 2 is 1.86 bits per heavy atom. The van der Waals surface area contributed by atoms with Gasteiger partial charge in [0, 0.05) is 18.0 Å². The summed E-state index contributed by atoms with van der Waals surface area (Å²) in [5.41, 5.74) is 1.46. The number of rotatable bonds is 4. The summed E-state index contributed by atoms with van der Waals surface area (Å²) in [5, 5.41) is 7.87. The predicted octanol–water partition coefficient (Wildman–Crippen LogP) is 1.02. The van der Waals surface area contributed by atoms with Gasteiger partial charge in [-0.1, -0.05) is 6.07 Å². The zero-order valence-electron chi connectivity index (χ0n) is 12.0. The highest BCUT2D eigenvalue weighted by Crippen LogP contribution is 2.29. The maximum atomic E-state index is 11.8. The molecule has 21 heavy (non-hydrogen) atoms. The minimum absolute atomic E-state index is 0.0181. The van der Waals surface area contributed by atoms with E-state index in [0.29, 0.717) is 12.1 Å². The first-order valence-electron chi connectivity index (χ1n) is 6.68. The first-order valence-corrected chi connectivity index (χ1v) is 10.2. The van der Waals surface area contributed by atoms with Gasteiger partial charge in [-0.05, 0) is 43.9 Å². The fourth-order valence-electron chi connectivity index (χ4n) is 2.74. The van der Waals surface area contributed by atoms with E-state index >= 15 is 0 Å². The van der Waals surface area contributed by atoms with Crippen LogP contribution < -0.4 is 10.5 Å². The van der Waals surface area contributed by atoms with E-state index in [0.717, 1.165) is 18.4 Å². The molecule has 1 fully saturated rings. The largest absolute Gasteiger partial charge is 0.381 e. The molecule has 0 bridgehead atoms. The molecule has 2 rings (SSSR count). The summed E-state index contributed by atoms with van der Waals surface area (Å²) in [6.07, 6.45) is 3.45. The van der Waals surface area contributed by atoms with Crippen molar-refractivity contribution in [2.24, 2.45) is 5.14 Å². The summed E-state index contributed by atoms with van der Waals surface area (Å²) in [6, 6.07) is 4.36. The molecule has 1 aliphatic carbocycles. The predicted molar refractivity (Wildman–Crippen MR) is 82.4 cm³/mol. The molecular formula is C13H20N2O4S2. The fraction of sp³-hybridized carbons (Fsp3) is 0.538. The van der Waals surface area contributed by atoms with Crippen LogP contribution in [0.4, 0.5) is 5.69 Å². The molecule has 1 saturated carbocycles. The zero-order chi connectivity index (χ0) is 15.8. The number of primary sulfonamides is 1. The Kier molecular flexibility index (Phi) is 4.32. The lowest BCUT2D eigenvalue weighted by molar-refractivity contribution is 0.579. The van der Waals surface area contributed by atoms with Gasteiger partial charge in [-0.15, -0.1) is 0 Å². The third-order valence-electron chi connectivity index (χ3n) is 3.88. The van der Waals surface area contributed by atoms with Crippen molar-refractivity contribution in [3.8, 4) is 0 Å². The molecule has 2 atom stereocenters. The van der Waals surface area contributed by atoms with E-state index in [-0.39, 0.29) is 10.9 Å². The Labute approximate surface area is 125 Å². The van der Waals surface area contributed by atoms with Gasteiger partial charge < -0.3 is 5.32 Å². The van der Waals surface area contributed by atoms with Crippen molar-refractivity contribution in [1.82, 2.24) is 0 Å². The number of nitrogens with one attached hydrogen (secondary N) is 1. The number of hydrogen-bond donors (Lipinski definition) is 2. The third kappa shape index (κ3) is 3.75. The van der Waals surface area contributed by atoms with Gasteiger partial charge in [0.25, 0.3) is 0 Å². The van der Waals surface area contributed by atoms with Gasteiger partial charge >= 0.3 is 0 Å². The quantitative estimate of drug-likeness (QED) is 0.856. The van der Waals surface area contributed by atoms with Crippen LogP contribution in [0.5, 0.6) is 0 Å². The summed E-state index contributed by atoms with van der Waals surface area (Å²) in [4.78, 5) is 0.0181. The minimum Gasteiger partial charge on any atom is -0.381 e. The second-order valence-electron chi connectivity index (χ2n) is 5.57. The number of sulfonamides is 1. The van der Waals surface area contributed by atoms with Gasteiger partial charge in [-0.2, -0.15) is 0 Å². The van der Waals surface area contributed by atoms with E-state index in [4.69, 9.17) is 5.14 Å². The molecule has 0 aromatic heterocycles. The molecule has 0 heterocycles. The summed E-state index contributed by atoms with van der Waals surface area (Å²) in [7, 11) is -6.90. The number of hydrogen-bond acceptors (Lipinski definition) is 5. The standard InChI is InChI=1S/C13H20N2O4S2/c1-9-6-7-10(21(14,18)19)8-12(9)15-11-4-3-5-13(11)20(2,16)17/h6-8,11,13,15H,3-5H2,1-2H3,(H2,14,18,19). The van der Waals surface area contributed by atoms with Crippen LogP contribution in [0.25, 0.3) is 0 Å². The minimum atomic E-state index is -3.78. The van der Waals surface area contributed by atoms with Crippen LogP contribution >= 0.6 is 0 Å². The molecule has 1 aromatic carbocycles. The maximum absolute atomic E-state index is 11.8. The Hall–Kier alpha value is -1.12. The second kappa shape index (κ2) is 5.58. The van der Waals surface area contributed by atoms with Crippen LogP contribution in [-0.2, 0) is 19.9 Å². The average molecular weight is 332 g/mol. The number of sulfone groups is 1. The summed E-state index contributed by atoms with van der Waals surface area (Å²) >= 11 is 0. The van der Waals surface area contributed by atoms with Crippen molar-refractivity contribution in [2.45, 2.75) is 42.4 Å². The number of benzene rings is 1. The first kappa shape index (κ1) is 16.3. The van der Waals surface area contributed by atoms with Crippen molar-refractivity contribution in [1.29, 1.82) is 0 Å². The summed E-state index contributed by atoms with van der Waals surface area (Å²) in [5.74, 6) is 0. The molecule has 0 spiro atoms. The van der Waals surface area contributed by atoms with Crippen molar-refractivity contribution < 1.29 is 16.8 Å². The molecule has 6 nitrogen and oxygen atoms in total. The molecule has 1 aliphatic rings. The normalized spacial score (nSPS) is 23.2. The van der Waals surface area contributed by atoms with E-state index in [1.807, 2.05) is 6.92 Å². The van der Waals surface area contributed by atoms with Crippen molar-refractivity contribution in [3.63, 3.8) is 0 Å². The van der Waals surface area contributed by atoms with Gasteiger partial charge in [0.1, 0.15) is 0 Å². The molecule has 0 aliphatic heterocycles. The molecule has 8 heteroatoms. The number of anilines is 1. The Morgan fingerprint density at radius 1 is 1.19 bits per heavy atom. The van der Waals surface area contributed by atoms with Crippen molar-refractivity contribution >= 4 is 25.5 Å². The average Bonchev–Trinajstić information content (AvgIpc) is 2.78. The molecule has 0 radical (unpaired) electrons. The monoisotopic (exact) mass is 332 g/mol. The Balaban J connectivity index is 2.31. The highest BCUT2D eigenvalue weighted by Gasteiger charge is 2.34. The van der Waals surface area contributed by atoms with E-state index in [1.165, 1.54) is 18.4 Å².